The number of thiophene rings is 1. The monoisotopic (exact) mass is 207 g/mol. The molecule has 0 saturated carbocycles. The fourth-order valence-corrected chi connectivity index (χ4v) is 2.82. The smallest absolute Gasteiger partial charge is 0.0541 e. The molecular formula is C12H17NS. The third-order valence-electron chi connectivity index (χ3n) is 2.86. The number of allylic oxidation sites excluding steroid dienone is 1. The number of hydrogen-bond acceptors (Lipinski definition) is 2. The minimum absolute atomic E-state index is 0.460. The highest BCUT2D eigenvalue weighted by Crippen LogP contribution is 2.30. The van der Waals surface area contributed by atoms with Crippen LogP contribution >= 0.6 is 11.3 Å². The van der Waals surface area contributed by atoms with E-state index in [2.05, 4.69) is 35.3 Å². The molecule has 0 saturated heterocycles. The fraction of sp³-hybridized carbons (Fsp3) is 0.500. The molecule has 1 aliphatic carbocycles. The molecule has 0 fully saturated rings. The van der Waals surface area contributed by atoms with Crippen LogP contribution in [0.5, 0.6) is 0 Å². The first-order chi connectivity index (χ1) is 6.92. The summed E-state index contributed by atoms with van der Waals surface area (Å²) >= 11 is 1.78. The van der Waals surface area contributed by atoms with E-state index in [4.69, 9.17) is 0 Å². The molecule has 1 nitrogen and oxygen atoms in total. The second-order valence-electron chi connectivity index (χ2n) is 3.80. The molecule has 1 aromatic heterocycles. The summed E-state index contributed by atoms with van der Waals surface area (Å²) in [5.41, 5.74) is 3.00. The first-order valence-electron chi connectivity index (χ1n) is 5.30. The van der Waals surface area contributed by atoms with E-state index in [-0.39, 0.29) is 0 Å². The highest BCUT2D eigenvalue weighted by atomic mass is 32.1. The zero-order valence-electron chi connectivity index (χ0n) is 8.62. The van der Waals surface area contributed by atoms with Crippen molar-refractivity contribution in [1.29, 1.82) is 0 Å². The van der Waals surface area contributed by atoms with E-state index in [9.17, 15) is 0 Å². The van der Waals surface area contributed by atoms with Gasteiger partial charge in [0.05, 0.1) is 6.04 Å². The van der Waals surface area contributed by atoms with Crippen molar-refractivity contribution in [2.75, 3.05) is 7.05 Å². The Balaban J connectivity index is 2.16. The van der Waals surface area contributed by atoms with E-state index in [1.807, 2.05) is 0 Å². The lowest BCUT2D eigenvalue weighted by molar-refractivity contribution is 0.594. The average Bonchev–Trinajstić information content (AvgIpc) is 2.74. The zero-order chi connectivity index (χ0) is 9.80. The van der Waals surface area contributed by atoms with Crippen LogP contribution in [0.4, 0.5) is 0 Å². The second-order valence-corrected chi connectivity index (χ2v) is 4.58. The Hall–Kier alpha value is -0.600. The molecule has 1 unspecified atom stereocenters. The van der Waals surface area contributed by atoms with E-state index in [1.165, 1.54) is 31.2 Å². The number of likely N-dealkylation sites (N-methyl/N-ethyl adjacent to an activating group) is 1. The third kappa shape index (κ3) is 2.07. The first kappa shape index (κ1) is 9.94. The van der Waals surface area contributed by atoms with Gasteiger partial charge in [0.1, 0.15) is 0 Å². The van der Waals surface area contributed by atoms with Crippen molar-refractivity contribution in [3.8, 4) is 0 Å². The molecule has 0 aliphatic heterocycles. The summed E-state index contributed by atoms with van der Waals surface area (Å²) in [4.78, 5) is 0. The third-order valence-corrected chi connectivity index (χ3v) is 3.56. The Bertz CT molecular complexity index is 300. The summed E-state index contributed by atoms with van der Waals surface area (Å²) in [5.74, 6) is 0. The second kappa shape index (κ2) is 4.76. The molecule has 1 aromatic rings. The van der Waals surface area contributed by atoms with Gasteiger partial charge in [-0.1, -0.05) is 11.6 Å². The van der Waals surface area contributed by atoms with Crippen LogP contribution in [0.2, 0.25) is 0 Å². The molecule has 1 N–H and O–H groups in total. The lowest BCUT2D eigenvalue weighted by atomic mass is 9.91. The van der Waals surface area contributed by atoms with Crippen molar-refractivity contribution in [3.05, 3.63) is 34.0 Å². The highest BCUT2D eigenvalue weighted by molar-refractivity contribution is 7.08. The fourth-order valence-electron chi connectivity index (χ4n) is 2.13. The van der Waals surface area contributed by atoms with Crippen molar-refractivity contribution in [2.45, 2.75) is 31.7 Å². The van der Waals surface area contributed by atoms with Gasteiger partial charge in [-0.05, 0) is 55.1 Å². The molecule has 1 aliphatic rings. The minimum Gasteiger partial charge on any atom is -0.310 e. The highest BCUT2D eigenvalue weighted by Gasteiger charge is 2.16. The predicted octanol–water partition coefficient (Wildman–Crippen LogP) is 3.51. The molecule has 2 heteroatoms. The summed E-state index contributed by atoms with van der Waals surface area (Å²) in [7, 11) is 2.05. The molecule has 2 rings (SSSR count). The molecule has 0 radical (unpaired) electrons. The van der Waals surface area contributed by atoms with Gasteiger partial charge in [-0.15, -0.1) is 0 Å². The van der Waals surface area contributed by atoms with Gasteiger partial charge in [-0.2, -0.15) is 11.3 Å². The Kier molecular flexibility index (Phi) is 3.38. The minimum atomic E-state index is 0.460. The van der Waals surface area contributed by atoms with Gasteiger partial charge in [0, 0.05) is 0 Å². The summed E-state index contributed by atoms with van der Waals surface area (Å²) in [6.45, 7) is 0. The van der Waals surface area contributed by atoms with Crippen molar-refractivity contribution >= 4 is 11.3 Å². The van der Waals surface area contributed by atoms with Crippen molar-refractivity contribution < 1.29 is 0 Å². The molecule has 1 atom stereocenters. The molecule has 0 amide bonds. The standard InChI is InChI=1S/C12H17NS/c1-13-12(11-7-8-14-9-11)10-5-3-2-4-6-10/h5,7-9,12-13H,2-4,6H2,1H3. The molecule has 0 aromatic carbocycles. The molecule has 76 valence electrons. The Morgan fingerprint density at radius 3 is 2.93 bits per heavy atom. The van der Waals surface area contributed by atoms with Gasteiger partial charge in [-0.3, -0.25) is 0 Å². The van der Waals surface area contributed by atoms with Gasteiger partial charge in [0.15, 0.2) is 0 Å². The summed E-state index contributed by atoms with van der Waals surface area (Å²) in [6.07, 6.45) is 7.67. The van der Waals surface area contributed by atoms with Crippen molar-refractivity contribution in [2.24, 2.45) is 0 Å². The SMILES string of the molecule is CNC(C1=CCCCC1)c1ccsc1. The van der Waals surface area contributed by atoms with E-state index in [1.54, 1.807) is 16.9 Å². The summed E-state index contributed by atoms with van der Waals surface area (Å²) in [5, 5.41) is 7.81. The van der Waals surface area contributed by atoms with Crippen molar-refractivity contribution in [1.82, 2.24) is 5.32 Å². The van der Waals surface area contributed by atoms with Gasteiger partial charge < -0.3 is 5.32 Å². The van der Waals surface area contributed by atoms with E-state index < -0.39 is 0 Å². The van der Waals surface area contributed by atoms with Crippen LogP contribution in [0.1, 0.15) is 37.3 Å². The maximum absolute atomic E-state index is 3.41. The number of rotatable bonds is 3. The predicted molar refractivity (Wildman–Crippen MR) is 62.7 cm³/mol. The van der Waals surface area contributed by atoms with Gasteiger partial charge in [-0.25, -0.2) is 0 Å². The van der Waals surface area contributed by atoms with Gasteiger partial charge in [0.25, 0.3) is 0 Å². The van der Waals surface area contributed by atoms with Crippen LogP contribution in [-0.2, 0) is 0 Å². The lowest BCUT2D eigenvalue weighted by Crippen LogP contribution is -2.19. The molecule has 0 bridgehead atoms. The molecule has 14 heavy (non-hydrogen) atoms. The maximum atomic E-state index is 3.41. The van der Waals surface area contributed by atoms with Gasteiger partial charge >= 0.3 is 0 Å². The Morgan fingerprint density at radius 2 is 2.36 bits per heavy atom. The Morgan fingerprint density at radius 1 is 1.43 bits per heavy atom. The van der Waals surface area contributed by atoms with Crippen LogP contribution in [0.25, 0.3) is 0 Å². The summed E-state index contributed by atoms with van der Waals surface area (Å²) in [6, 6.07) is 2.68. The largest absolute Gasteiger partial charge is 0.310 e. The quantitative estimate of drug-likeness (QED) is 0.748. The zero-order valence-corrected chi connectivity index (χ0v) is 9.44. The number of nitrogens with one attached hydrogen (secondary N) is 1. The van der Waals surface area contributed by atoms with E-state index in [0.29, 0.717) is 6.04 Å². The van der Waals surface area contributed by atoms with Crippen molar-refractivity contribution in [3.63, 3.8) is 0 Å². The lowest BCUT2D eigenvalue weighted by Gasteiger charge is -2.22. The molecule has 0 spiro atoms. The summed E-state index contributed by atoms with van der Waals surface area (Å²) < 4.78 is 0. The van der Waals surface area contributed by atoms with Crippen LogP contribution in [0.15, 0.2) is 28.5 Å². The normalized spacial score (nSPS) is 19.1. The maximum Gasteiger partial charge on any atom is 0.0541 e. The van der Waals surface area contributed by atoms with Gasteiger partial charge in [0.2, 0.25) is 0 Å². The topological polar surface area (TPSA) is 12.0 Å². The van der Waals surface area contributed by atoms with E-state index >= 15 is 0 Å². The average molecular weight is 207 g/mol. The van der Waals surface area contributed by atoms with Crippen LogP contribution in [-0.4, -0.2) is 7.05 Å². The number of hydrogen-bond donors (Lipinski definition) is 1. The van der Waals surface area contributed by atoms with Crippen LogP contribution < -0.4 is 5.32 Å². The van der Waals surface area contributed by atoms with Crippen LogP contribution in [0, 0.1) is 0 Å². The first-order valence-corrected chi connectivity index (χ1v) is 6.24. The molecule has 1 heterocycles. The van der Waals surface area contributed by atoms with E-state index in [0.717, 1.165) is 0 Å². The molecular weight excluding hydrogens is 190 g/mol. The van der Waals surface area contributed by atoms with Crippen LogP contribution in [0.3, 0.4) is 0 Å². The Labute approximate surface area is 89.8 Å².